The van der Waals surface area contributed by atoms with Crippen molar-refractivity contribution in [1.82, 2.24) is 0 Å². The van der Waals surface area contributed by atoms with Gasteiger partial charge in [0.25, 0.3) is 0 Å². The van der Waals surface area contributed by atoms with E-state index >= 15 is 0 Å². The zero-order valence-corrected chi connectivity index (χ0v) is 11.9. The number of carbonyl (C=O) groups is 1. The van der Waals surface area contributed by atoms with Crippen molar-refractivity contribution in [1.29, 1.82) is 0 Å². The Balaban J connectivity index is 2.91. The third-order valence-electron chi connectivity index (χ3n) is 2.95. The molecule has 0 fully saturated rings. The van der Waals surface area contributed by atoms with E-state index in [2.05, 4.69) is 6.07 Å². The van der Waals surface area contributed by atoms with Gasteiger partial charge in [0, 0.05) is 0 Å². The molecule has 0 bridgehead atoms. The molecule has 0 aromatic heterocycles. The maximum absolute atomic E-state index is 11.7. The van der Waals surface area contributed by atoms with Crippen molar-refractivity contribution in [3.8, 4) is 5.75 Å². The van der Waals surface area contributed by atoms with Gasteiger partial charge >= 0.3 is 5.97 Å². The molecule has 3 nitrogen and oxygen atoms in total. The normalized spacial score (nSPS) is 12.1. The van der Waals surface area contributed by atoms with Gasteiger partial charge in [0.05, 0.1) is 6.61 Å². The second kappa shape index (κ2) is 6.43. The minimum atomic E-state index is -0.523. The van der Waals surface area contributed by atoms with Crippen molar-refractivity contribution in [2.24, 2.45) is 0 Å². The second-order valence-corrected chi connectivity index (χ2v) is 4.47. The average molecular weight is 250 g/mol. The quantitative estimate of drug-likeness (QED) is 0.752. The van der Waals surface area contributed by atoms with E-state index in [-0.39, 0.29) is 5.97 Å². The first kappa shape index (κ1) is 14.6. The molecule has 1 atom stereocenters. The van der Waals surface area contributed by atoms with E-state index in [1.807, 2.05) is 33.8 Å². The Labute approximate surface area is 109 Å². The van der Waals surface area contributed by atoms with Gasteiger partial charge in [-0.05, 0) is 56.9 Å². The van der Waals surface area contributed by atoms with Gasteiger partial charge in [-0.1, -0.05) is 13.0 Å². The summed E-state index contributed by atoms with van der Waals surface area (Å²) in [5, 5.41) is 0. The van der Waals surface area contributed by atoms with Crippen LogP contribution in [-0.2, 0) is 9.53 Å². The fourth-order valence-electron chi connectivity index (χ4n) is 1.81. The van der Waals surface area contributed by atoms with Crippen molar-refractivity contribution in [2.45, 2.75) is 47.1 Å². The van der Waals surface area contributed by atoms with Crippen LogP contribution in [0.15, 0.2) is 12.1 Å². The highest BCUT2D eigenvalue weighted by atomic mass is 16.6. The topological polar surface area (TPSA) is 35.5 Å². The van der Waals surface area contributed by atoms with Crippen molar-refractivity contribution >= 4 is 5.97 Å². The van der Waals surface area contributed by atoms with Gasteiger partial charge in [-0.25, -0.2) is 4.79 Å². The van der Waals surface area contributed by atoms with E-state index < -0.39 is 6.10 Å². The number of aryl methyl sites for hydroxylation is 2. The van der Waals surface area contributed by atoms with Crippen LogP contribution < -0.4 is 4.74 Å². The number of hydrogen-bond acceptors (Lipinski definition) is 3. The molecule has 18 heavy (non-hydrogen) atoms. The molecule has 3 heteroatoms. The number of esters is 1. The van der Waals surface area contributed by atoms with E-state index in [0.29, 0.717) is 13.0 Å². The average Bonchev–Trinajstić information content (AvgIpc) is 2.32. The molecule has 1 aromatic rings. The fourth-order valence-corrected chi connectivity index (χ4v) is 1.81. The summed E-state index contributed by atoms with van der Waals surface area (Å²) in [5.74, 6) is 0.478. The Morgan fingerprint density at radius 3 is 2.44 bits per heavy atom. The molecule has 1 unspecified atom stereocenters. The van der Waals surface area contributed by atoms with Crippen LogP contribution >= 0.6 is 0 Å². The lowest BCUT2D eigenvalue weighted by molar-refractivity contribution is -0.151. The van der Waals surface area contributed by atoms with Crippen LogP contribution in [0.5, 0.6) is 5.75 Å². The first-order valence-electron chi connectivity index (χ1n) is 6.40. The van der Waals surface area contributed by atoms with E-state index in [4.69, 9.17) is 9.47 Å². The van der Waals surface area contributed by atoms with Crippen molar-refractivity contribution in [3.05, 3.63) is 28.8 Å². The third kappa shape index (κ3) is 3.49. The van der Waals surface area contributed by atoms with E-state index in [0.717, 1.165) is 16.9 Å². The Bertz CT molecular complexity index is 424. The maximum Gasteiger partial charge on any atom is 0.347 e. The number of hydrogen-bond donors (Lipinski definition) is 0. The molecule has 0 amide bonds. The lowest BCUT2D eigenvalue weighted by atomic mass is 10.1. The molecule has 0 aliphatic heterocycles. The Kier molecular flexibility index (Phi) is 5.20. The Hall–Kier alpha value is -1.51. The lowest BCUT2D eigenvalue weighted by Gasteiger charge is -2.18. The highest BCUT2D eigenvalue weighted by Crippen LogP contribution is 2.25. The summed E-state index contributed by atoms with van der Waals surface area (Å²) in [7, 11) is 0. The SMILES string of the molecule is CCOC(=O)C(CC)Oc1cc(C)cc(C)c1C. The van der Waals surface area contributed by atoms with Gasteiger partial charge in [-0.2, -0.15) is 0 Å². The minimum absolute atomic E-state index is 0.293. The number of rotatable bonds is 5. The highest BCUT2D eigenvalue weighted by Gasteiger charge is 2.20. The summed E-state index contributed by atoms with van der Waals surface area (Å²) in [4.78, 5) is 11.7. The summed E-state index contributed by atoms with van der Waals surface area (Å²) >= 11 is 0. The molecule has 100 valence electrons. The van der Waals surface area contributed by atoms with Crippen molar-refractivity contribution in [2.75, 3.05) is 6.61 Å². The molecule has 0 spiro atoms. The molecule has 0 radical (unpaired) electrons. The molecule has 1 rings (SSSR count). The van der Waals surface area contributed by atoms with E-state index in [1.165, 1.54) is 5.56 Å². The molecule has 0 N–H and O–H groups in total. The lowest BCUT2D eigenvalue weighted by Crippen LogP contribution is -2.29. The van der Waals surface area contributed by atoms with Crippen LogP contribution in [0.4, 0.5) is 0 Å². The van der Waals surface area contributed by atoms with Crippen LogP contribution in [0, 0.1) is 20.8 Å². The fraction of sp³-hybridized carbons (Fsp3) is 0.533. The van der Waals surface area contributed by atoms with Gasteiger partial charge in [0.2, 0.25) is 0 Å². The van der Waals surface area contributed by atoms with Gasteiger partial charge in [0.15, 0.2) is 6.10 Å². The van der Waals surface area contributed by atoms with Crippen LogP contribution in [0.3, 0.4) is 0 Å². The predicted molar refractivity (Wildman–Crippen MR) is 72.0 cm³/mol. The van der Waals surface area contributed by atoms with Crippen molar-refractivity contribution < 1.29 is 14.3 Å². The Morgan fingerprint density at radius 1 is 1.22 bits per heavy atom. The van der Waals surface area contributed by atoms with Gasteiger partial charge in [-0.3, -0.25) is 0 Å². The molecule has 1 aromatic carbocycles. The standard InChI is InChI=1S/C15H22O3/c1-6-13(15(16)17-7-2)18-14-9-10(3)8-11(4)12(14)5/h8-9,13H,6-7H2,1-5H3. The van der Waals surface area contributed by atoms with E-state index in [1.54, 1.807) is 6.92 Å². The molecular weight excluding hydrogens is 228 g/mol. The monoisotopic (exact) mass is 250 g/mol. The molecule has 0 heterocycles. The van der Waals surface area contributed by atoms with Crippen LogP contribution in [-0.4, -0.2) is 18.7 Å². The first-order chi connectivity index (χ1) is 8.49. The predicted octanol–water partition coefficient (Wildman–Crippen LogP) is 3.33. The van der Waals surface area contributed by atoms with Crippen LogP contribution in [0.2, 0.25) is 0 Å². The number of carbonyl (C=O) groups excluding carboxylic acids is 1. The summed E-state index contributed by atoms with van der Waals surface area (Å²) in [6.45, 7) is 10.2. The first-order valence-corrected chi connectivity index (χ1v) is 6.40. The largest absolute Gasteiger partial charge is 0.478 e. The van der Waals surface area contributed by atoms with Gasteiger partial charge < -0.3 is 9.47 Å². The van der Waals surface area contributed by atoms with E-state index in [9.17, 15) is 4.79 Å². The summed E-state index contributed by atoms with van der Waals surface area (Å²) < 4.78 is 10.8. The molecule has 0 saturated carbocycles. The highest BCUT2D eigenvalue weighted by molar-refractivity contribution is 5.75. The molecule has 0 aliphatic rings. The number of benzene rings is 1. The van der Waals surface area contributed by atoms with Gasteiger partial charge in [-0.15, -0.1) is 0 Å². The zero-order valence-electron chi connectivity index (χ0n) is 11.9. The van der Waals surface area contributed by atoms with Crippen LogP contribution in [0.1, 0.15) is 37.0 Å². The third-order valence-corrected chi connectivity index (χ3v) is 2.95. The number of ether oxygens (including phenoxy) is 2. The molecule has 0 aliphatic carbocycles. The maximum atomic E-state index is 11.7. The minimum Gasteiger partial charge on any atom is -0.478 e. The molecular formula is C15H22O3. The van der Waals surface area contributed by atoms with Crippen LogP contribution in [0.25, 0.3) is 0 Å². The van der Waals surface area contributed by atoms with Crippen molar-refractivity contribution in [3.63, 3.8) is 0 Å². The summed E-state index contributed by atoms with van der Waals surface area (Å²) in [6, 6.07) is 4.07. The Morgan fingerprint density at radius 2 is 1.89 bits per heavy atom. The summed E-state index contributed by atoms with van der Waals surface area (Å²) in [5.41, 5.74) is 3.37. The second-order valence-electron chi connectivity index (χ2n) is 4.47. The van der Waals surface area contributed by atoms with Gasteiger partial charge in [0.1, 0.15) is 5.75 Å². The molecule has 0 saturated heterocycles. The smallest absolute Gasteiger partial charge is 0.347 e. The summed E-state index contributed by atoms with van der Waals surface area (Å²) in [6.07, 6.45) is 0.0792. The zero-order chi connectivity index (χ0) is 13.7.